The topological polar surface area (TPSA) is 99.1 Å². The maximum Gasteiger partial charge on any atom is 0.307 e. The molecule has 1 aliphatic heterocycles. The second kappa shape index (κ2) is 8.48. The van der Waals surface area contributed by atoms with Crippen molar-refractivity contribution in [1.29, 1.82) is 0 Å². The van der Waals surface area contributed by atoms with Crippen LogP contribution in [0.25, 0.3) is 0 Å². The van der Waals surface area contributed by atoms with Gasteiger partial charge in [-0.2, -0.15) is 10.2 Å². The van der Waals surface area contributed by atoms with E-state index in [0.29, 0.717) is 12.1 Å². The summed E-state index contributed by atoms with van der Waals surface area (Å²) in [6, 6.07) is 7.43. The monoisotopic (exact) mass is 408 g/mol. The zero-order chi connectivity index (χ0) is 21.1. The van der Waals surface area contributed by atoms with Crippen molar-refractivity contribution in [2.45, 2.75) is 38.3 Å². The van der Waals surface area contributed by atoms with Crippen molar-refractivity contribution in [2.75, 3.05) is 6.54 Å². The first-order valence-electron chi connectivity index (χ1n) is 10.1. The van der Waals surface area contributed by atoms with Crippen molar-refractivity contribution in [2.24, 2.45) is 7.05 Å². The number of amides is 1. The normalized spacial score (nSPS) is 17.0. The molecule has 0 spiro atoms. The average molecular weight is 408 g/mol. The van der Waals surface area contributed by atoms with Crippen molar-refractivity contribution >= 4 is 11.6 Å². The molecule has 30 heavy (non-hydrogen) atoms. The van der Waals surface area contributed by atoms with Crippen LogP contribution in [0.3, 0.4) is 0 Å². The number of carbonyl (C=O) groups excluding carboxylic acids is 1. The Kier molecular flexibility index (Phi) is 5.60. The first-order valence-corrected chi connectivity index (χ1v) is 10.1. The molecule has 9 nitrogen and oxygen atoms in total. The van der Waals surface area contributed by atoms with Gasteiger partial charge in [0.25, 0.3) is 5.91 Å². The minimum absolute atomic E-state index is 0.0204. The maximum absolute atomic E-state index is 13.3. The van der Waals surface area contributed by atoms with Gasteiger partial charge in [-0.25, -0.2) is 0 Å². The van der Waals surface area contributed by atoms with Crippen LogP contribution in [0.15, 0.2) is 49.1 Å². The zero-order valence-electron chi connectivity index (χ0n) is 16.8. The Morgan fingerprint density at radius 1 is 1.13 bits per heavy atom. The third-order valence-electron chi connectivity index (χ3n) is 5.50. The number of aromatic nitrogens is 4. The number of aryl methyl sites for hydroxylation is 1. The van der Waals surface area contributed by atoms with Gasteiger partial charge >= 0.3 is 5.69 Å². The molecule has 3 aromatic rings. The largest absolute Gasteiger partial charge is 0.331 e. The van der Waals surface area contributed by atoms with E-state index in [1.54, 1.807) is 4.68 Å². The van der Waals surface area contributed by atoms with Crippen molar-refractivity contribution in [3.8, 4) is 0 Å². The van der Waals surface area contributed by atoms with Crippen LogP contribution in [0.5, 0.6) is 0 Å². The molecule has 0 N–H and O–H groups in total. The molecule has 0 unspecified atom stereocenters. The van der Waals surface area contributed by atoms with Crippen LogP contribution in [0, 0.1) is 10.1 Å². The van der Waals surface area contributed by atoms with Gasteiger partial charge in [0.05, 0.1) is 23.7 Å². The fourth-order valence-corrected chi connectivity index (χ4v) is 3.95. The summed E-state index contributed by atoms with van der Waals surface area (Å²) in [6.07, 6.45) is 10.6. The number of carbonyl (C=O) groups is 1. The van der Waals surface area contributed by atoms with Gasteiger partial charge in [0, 0.05) is 30.9 Å². The third-order valence-corrected chi connectivity index (χ3v) is 5.50. The van der Waals surface area contributed by atoms with Crippen LogP contribution in [-0.4, -0.2) is 41.8 Å². The minimum atomic E-state index is -0.467. The summed E-state index contributed by atoms with van der Waals surface area (Å²) in [5.74, 6) is 0.0204. The molecule has 3 heterocycles. The molecule has 4 rings (SSSR count). The Balaban J connectivity index is 1.50. The third kappa shape index (κ3) is 4.24. The zero-order valence-corrected chi connectivity index (χ0v) is 16.8. The van der Waals surface area contributed by atoms with Gasteiger partial charge in [-0.1, -0.05) is 25.0 Å². The van der Waals surface area contributed by atoms with Crippen LogP contribution in [0.1, 0.15) is 53.2 Å². The average Bonchev–Trinajstić information content (AvgIpc) is 3.31. The highest BCUT2D eigenvalue weighted by Crippen LogP contribution is 2.31. The molecule has 1 aliphatic rings. The van der Waals surface area contributed by atoms with Gasteiger partial charge in [0.2, 0.25) is 0 Å². The van der Waals surface area contributed by atoms with Gasteiger partial charge < -0.3 is 4.90 Å². The first-order chi connectivity index (χ1) is 14.5. The Hall–Kier alpha value is -3.49. The van der Waals surface area contributed by atoms with Gasteiger partial charge in [-0.15, -0.1) is 0 Å². The maximum atomic E-state index is 13.3. The van der Waals surface area contributed by atoms with Gasteiger partial charge in [0.1, 0.15) is 12.4 Å². The predicted molar refractivity (Wildman–Crippen MR) is 110 cm³/mol. The van der Waals surface area contributed by atoms with Crippen molar-refractivity contribution in [3.05, 3.63) is 75.9 Å². The molecular weight excluding hydrogens is 384 g/mol. The molecule has 1 atom stereocenters. The Morgan fingerprint density at radius 2 is 1.93 bits per heavy atom. The highest BCUT2D eigenvalue weighted by Gasteiger charge is 2.28. The van der Waals surface area contributed by atoms with E-state index in [-0.39, 0.29) is 17.6 Å². The molecule has 0 bridgehead atoms. The predicted octanol–water partition coefficient (Wildman–Crippen LogP) is 3.33. The summed E-state index contributed by atoms with van der Waals surface area (Å²) in [7, 11) is 1.89. The fraction of sp³-hybridized carbons (Fsp3) is 0.381. The number of hydrogen-bond donors (Lipinski definition) is 0. The van der Waals surface area contributed by atoms with Crippen molar-refractivity contribution in [1.82, 2.24) is 24.5 Å². The smallest absolute Gasteiger partial charge is 0.307 e. The Bertz CT molecular complexity index is 1040. The minimum Gasteiger partial charge on any atom is -0.331 e. The van der Waals surface area contributed by atoms with E-state index >= 15 is 0 Å². The number of nitrogens with zero attached hydrogens (tertiary/aromatic N) is 6. The Labute approximate surface area is 174 Å². The van der Waals surface area contributed by atoms with E-state index < -0.39 is 4.92 Å². The van der Waals surface area contributed by atoms with Crippen molar-refractivity contribution in [3.63, 3.8) is 0 Å². The van der Waals surface area contributed by atoms with Crippen LogP contribution < -0.4 is 0 Å². The molecule has 1 aromatic carbocycles. The number of nitro groups is 1. The van der Waals surface area contributed by atoms with Crippen LogP contribution >= 0.6 is 0 Å². The second-order valence-corrected chi connectivity index (χ2v) is 7.66. The lowest BCUT2D eigenvalue weighted by Gasteiger charge is -2.29. The summed E-state index contributed by atoms with van der Waals surface area (Å²) in [4.78, 5) is 25.6. The molecule has 1 fully saturated rings. The number of benzene rings is 1. The molecule has 1 amide bonds. The summed E-state index contributed by atoms with van der Waals surface area (Å²) >= 11 is 0. The molecule has 2 aromatic heterocycles. The number of rotatable bonds is 5. The number of hydrogen-bond acceptors (Lipinski definition) is 5. The first kappa shape index (κ1) is 19.8. The summed E-state index contributed by atoms with van der Waals surface area (Å²) in [6.45, 7) is 1.14. The molecule has 156 valence electrons. The fourth-order valence-electron chi connectivity index (χ4n) is 3.95. The van der Waals surface area contributed by atoms with E-state index in [1.165, 1.54) is 17.1 Å². The molecule has 9 heteroatoms. The van der Waals surface area contributed by atoms with Gasteiger partial charge in [-0.05, 0) is 30.5 Å². The molecule has 0 aliphatic carbocycles. The van der Waals surface area contributed by atoms with E-state index in [4.69, 9.17) is 0 Å². The van der Waals surface area contributed by atoms with Crippen LogP contribution in [-0.2, 0) is 13.6 Å². The Morgan fingerprint density at radius 3 is 2.60 bits per heavy atom. The highest BCUT2D eigenvalue weighted by molar-refractivity contribution is 5.94. The lowest BCUT2D eigenvalue weighted by atomic mass is 10.0. The van der Waals surface area contributed by atoms with Gasteiger partial charge in [-0.3, -0.25) is 24.3 Å². The van der Waals surface area contributed by atoms with E-state index in [2.05, 4.69) is 10.2 Å². The standard InChI is InChI=1S/C21H24N6O3/c1-24-14-18(11-22-24)20-5-3-2-4-10-26(20)21(28)17-8-6-16(7-9-17)13-25-15-19(12-23-25)27(29)30/h6-9,11-12,14-15,20H,2-5,10,13H2,1H3/t20-/m0/s1. The van der Waals surface area contributed by atoms with E-state index in [0.717, 1.165) is 43.4 Å². The highest BCUT2D eigenvalue weighted by atomic mass is 16.6. The molecule has 0 saturated carbocycles. The molecule has 0 radical (unpaired) electrons. The molecule has 1 saturated heterocycles. The van der Waals surface area contributed by atoms with Gasteiger partial charge in [0.15, 0.2) is 0 Å². The second-order valence-electron chi connectivity index (χ2n) is 7.66. The van der Waals surface area contributed by atoms with Crippen molar-refractivity contribution < 1.29 is 9.72 Å². The summed E-state index contributed by atoms with van der Waals surface area (Å²) < 4.78 is 3.29. The van der Waals surface area contributed by atoms with Crippen LogP contribution in [0.2, 0.25) is 0 Å². The van der Waals surface area contributed by atoms with Crippen LogP contribution in [0.4, 0.5) is 5.69 Å². The SMILES string of the molecule is Cn1cc([C@@H]2CCCCCN2C(=O)c2ccc(Cn3cc([N+](=O)[O-])cn3)cc2)cn1. The summed E-state index contributed by atoms with van der Waals surface area (Å²) in [5.41, 5.74) is 2.60. The quantitative estimate of drug-likeness (QED) is 0.476. The lowest BCUT2D eigenvalue weighted by Crippen LogP contribution is -2.34. The van der Waals surface area contributed by atoms with E-state index in [1.807, 2.05) is 48.6 Å². The molecular formula is C21H24N6O3. The summed E-state index contributed by atoms with van der Waals surface area (Å²) in [5, 5.41) is 19.1. The van der Waals surface area contributed by atoms with E-state index in [9.17, 15) is 14.9 Å². The number of likely N-dealkylation sites (tertiary alicyclic amines) is 1. The lowest BCUT2D eigenvalue weighted by molar-refractivity contribution is -0.385.